The molecule has 4 nitrogen and oxygen atoms in total. The lowest BCUT2D eigenvalue weighted by Crippen LogP contribution is -2.36. The maximum atomic E-state index is 12.0. The molecule has 0 aromatic carbocycles. The van der Waals surface area contributed by atoms with Gasteiger partial charge in [-0.25, -0.2) is 4.79 Å². The number of hydrogen-bond donors (Lipinski definition) is 1. The molecule has 0 saturated heterocycles. The molecule has 2 rings (SSSR count). The lowest BCUT2D eigenvalue weighted by atomic mass is 10.1. The highest BCUT2D eigenvalue weighted by molar-refractivity contribution is 5.74. The Morgan fingerprint density at radius 3 is 2.76 bits per heavy atom. The molecule has 0 aromatic heterocycles. The van der Waals surface area contributed by atoms with Gasteiger partial charge in [-0.15, -0.1) is 0 Å². The van der Waals surface area contributed by atoms with Gasteiger partial charge in [0.25, 0.3) is 0 Å². The van der Waals surface area contributed by atoms with Crippen molar-refractivity contribution in [3.8, 4) is 0 Å². The molecule has 0 spiro atoms. The fourth-order valence-electron chi connectivity index (χ4n) is 1.56. The molecule has 0 radical (unpaired) electrons. The van der Waals surface area contributed by atoms with Gasteiger partial charge < -0.3 is 10.1 Å². The number of ether oxygens (including phenoxy) is 1. The van der Waals surface area contributed by atoms with Gasteiger partial charge in [-0.05, 0) is 45.1 Å². The van der Waals surface area contributed by atoms with Gasteiger partial charge in [0.05, 0.1) is 11.4 Å². The van der Waals surface area contributed by atoms with Crippen LogP contribution in [0.4, 0.5) is 4.79 Å². The number of amides is 1. The van der Waals surface area contributed by atoms with Gasteiger partial charge in [0.15, 0.2) is 0 Å². The van der Waals surface area contributed by atoms with Crippen molar-refractivity contribution in [2.45, 2.75) is 26.4 Å². The van der Waals surface area contributed by atoms with Crippen molar-refractivity contribution in [2.75, 3.05) is 0 Å². The molecule has 0 aliphatic carbocycles. The number of fused-ring (bicyclic) bond motifs is 1. The number of nitrogens with one attached hydrogen (secondary N) is 1. The Morgan fingerprint density at radius 2 is 2.06 bits per heavy atom. The Morgan fingerprint density at radius 1 is 1.29 bits per heavy atom. The van der Waals surface area contributed by atoms with Crippen molar-refractivity contribution < 1.29 is 9.53 Å². The Bertz CT molecular complexity index is 451. The quantitative estimate of drug-likeness (QED) is 0.698. The molecular weight excluding hydrogens is 216 g/mol. The lowest BCUT2D eigenvalue weighted by Gasteiger charge is -2.30. The molecule has 0 bridgehead atoms. The summed E-state index contributed by atoms with van der Waals surface area (Å²) in [6.45, 7) is 5.55. The Kier molecular flexibility index (Phi) is 2.79. The van der Waals surface area contributed by atoms with Gasteiger partial charge in [-0.2, -0.15) is 0 Å². The first-order valence-electron chi connectivity index (χ1n) is 5.52. The van der Waals surface area contributed by atoms with E-state index in [9.17, 15) is 4.79 Å². The zero-order chi connectivity index (χ0) is 12.5. The van der Waals surface area contributed by atoms with Crippen LogP contribution in [0, 0.1) is 0 Å². The van der Waals surface area contributed by atoms with E-state index >= 15 is 0 Å². The first kappa shape index (κ1) is 11.5. The summed E-state index contributed by atoms with van der Waals surface area (Å²) in [5.41, 5.74) is 1.19. The maximum Gasteiger partial charge on any atom is 0.419 e. The molecule has 0 aromatic rings. The summed E-state index contributed by atoms with van der Waals surface area (Å²) in [4.78, 5) is 13.5. The van der Waals surface area contributed by atoms with Gasteiger partial charge in [-0.1, -0.05) is 0 Å². The third kappa shape index (κ3) is 2.58. The van der Waals surface area contributed by atoms with E-state index in [4.69, 9.17) is 4.74 Å². The summed E-state index contributed by atoms with van der Waals surface area (Å²) in [7, 11) is 0. The predicted octanol–water partition coefficient (Wildman–Crippen LogP) is 2.64. The first-order chi connectivity index (χ1) is 7.97. The summed E-state index contributed by atoms with van der Waals surface area (Å²) in [6, 6.07) is 0. The zero-order valence-corrected chi connectivity index (χ0v) is 10.2. The molecular formula is C13H16N2O2. The zero-order valence-electron chi connectivity index (χ0n) is 10.2. The molecule has 1 N–H and O–H groups in total. The fourth-order valence-corrected chi connectivity index (χ4v) is 1.56. The van der Waals surface area contributed by atoms with E-state index in [1.807, 2.05) is 51.3 Å². The molecule has 0 saturated carbocycles. The van der Waals surface area contributed by atoms with Crippen LogP contribution in [-0.4, -0.2) is 16.6 Å². The molecule has 90 valence electrons. The van der Waals surface area contributed by atoms with Crippen molar-refractivity contribution in [1.29, 1.82) is 0 Å². The third-order valence-electron chi connectivity index (χ3n) is 2.21. The fraction of sp³-hybridized carbons (Fsp3) is 0.308. The van der Waals surface area contributed by atoms with E-state index in [0.717, 1.165) is 11.4 Å². The highest BCUT2D eigenvalue weighted by Crippen LogP contribution is 2.23. The van der Waals surface area contributed by atoms with Crippen molar-refractivity contribution in [3.05, 3.63) is 48.1 Å². The standard InChI is InChI=1S/C13H16N2O2/c1-13(2,3)17-12(16)15-9-5-6-10-11(15)7-4-8-14-10/h4-9,14H,1-3H3. The summed E-state index contributed by atoms with van der Waals surface area (Å²) in [6.07, 6.45) is 10.6. The summed E-state index contributed by atoms with van der Waals surface area (Å²) in [5, 5.41) is 3.08. The maximum absolute atomic E-state index is 12.0. The van der Waals surface area contributed by atoms with E-state index in [0.29, 0.717) is 0 Å². The van der Waals surface area contributed by atoms with E-state index in [1.54, 1.807) is 6.20 Å². The van der Waals surface area contributed by atoms with Crippen molar-refractivity contribution in [1.82, 2.24) is 10.2 Å². The second-order valence-corrected chi connectivity index (χ2v) is 4.83. The first-order valence-corrected chi connectivity index (χ1v) is 5.52. The number of carbonyl (C=O) groups excluding carboxylic acids is 1. The number of rotatable bonds is 0. The molecule has 2 heterocycles. The Labute approximate surface area is 101 Å². The van der Waals surface area contributed by atoms with Crippen molar-refractivity contribution in [3.63, 3.8) is 0 Å². The smallest absolute Gasteiger partial charge is 0.419 e. The molecule has 0 fully saturated rings. The average Bonchev–Trinajstić information content (AvgIpc) is 2.26. The normalized spacial score (nSPS) is 17.9. The lowest BCUT2D eigenvalue weighted by molar-refractivity contribution is 0.0384. The minimum Gasteiger partial charge on any atom is -0.443 e. The van der Waals surface area contributed by atoms with Crippen molar-refractivity contribution in [2.24, 2.45) is 0 Å². The number of dihydropyridines is 1. The number of carbonyl (C=O) groups is 1. The summed E-state index contributed by atoms with van der Waals surface area (Å²) in [5.74, 6) is 0. The third-order valence-corrected chi connectivity index (χ3v) is 2.21. The molecule has 17 heavy (non-hydrogen) atoms. The van der Waals surface area contributed by atoms with Gasteiger partial charge in [0, 0.05) is 12.4 Å². The van der Waals surface area contributed by atoms with Gasteiger partial charge in [0.1, 0.15) is 5.60 Å². The Hall–Kier alpha value is -1.97. The molecule has 2 aliphatic rings. The van der Waals surface area contributed by atoms with Crippen molar-refractivity contribution >= 4 is 6.09 Å². The van der Waals surface area contributed by atoms with Gasteiger partial charge in [-0.3, -0.25) is 4.90 Å². The van der Waals surface area contributed by atoms with Crippen LogP contribution in [0.15, 0.2) is 48.1 Å². The molecule has 4 heteroatoms. The van der Waals surface area contributed by atoms with E-state index < -0.39 is 5.60 Å². The van der Waals surface area contributed by atoms with Gasteiger partial charge in [0.2, 0.25) is 0 Å². The average molecular weight is 232 g/mol. The SMILES string of the molecule is CC(C)(C)OC(=O)N1C=CC=C2NC=CC=C21. The minimum atomic E-state index is -0.495. The molecule has 1 amide bonds. The van der Waals surface area contributed by atoms with Crippen LogP contribution in [-0.2, 0) is 4.74 Å². The summed E-state index contributed by atoms with van der Waals surface area (Å²) >= 11 is 0. The molecule has 0 unspecified atom stereocenters. The van der Waals surface area contributed by atoms with E-state index in [1.165, 1.54) is 4.90 Å². The van der Waals surface area contributed by atoms with Crippen LogP contribution in [0.2, 0.25) is 0 Å². The van der Waals surface area contributed by atoms with Crippen LogP contribution in [0.5, 0.6) is 0 Å². The molecule has 2 aliphatic heterocycles. The predicted molar refractivity (Wildman–Crippen MR) is 65.7 cm³/mol. The second-order valence-electron chi connectivity index (χ2n) is 4.83. The van der Waals surface area contributed by atoms with Crippen LogP contribution >= 0.6 is 0 Å². The van der Waals surface area contributed by atoms with Crippen LogP contribution < -0.4 is 5.32 Å². The largest absolute Gasteiger partial charge is 0.443 e. The highest BCUT2D eigenvalue weighted by Gasteiger charge is 2.26. The van der Waals surface area contributed by atoms with Crippen LogP contribution in [0.1, 0.15) is 20.8 Å². The number of nitrogens with zero attached hydrogens (tertiary/aromatic N) is 1. The van der Waals surface area contributed by atoms with E-state index in [-0.39, 0.29) is 6.09 Å². The van der Waals surface area contributed by atoms with Crippen LogP contribution in [0.3, 0.4) is 0 Å². The van der Waals surface area contributed by atoms with Gasteiger partial charge >= 0.3 is 6.09 Å². The topological polar surface area (TPSA) is 41.6 Å². The monoisotopic (exact) mass is 232 g/mol. The second kappa shape index (κ2) is 4.13. The number of allylic oxidation sites excluding steroid dienone is 4. The Balaban J connectivity index is 2.19. The molecule has 0 atom stereocenters. The van der Waals surface area contributed by atoms with Crippen LogP contribution in [0.25, 0.3) is 0 Å². The number of hydrogen-bond acceptors (Lipinski definition) is 3. The highest BCUT2D eigenvalue weighted by atomic mass is 16.6. The minimum absolute atomic E-state index is 0.372. The van der Waals surface area contributed by atoms with E-state index in [2.05, 4.69) is 5.32 Å². The summed E-state index contributed by atoms with van der Waals surface area (Å²) < 4.78 is 5.34.